The number of carbonyl (C=O) groups excluding carboxylic acids is 1. The Hall–Kier alpha value is -1.46. The van der Waals surface area contributed by atoms with E-state index in [1.54, 1.807) is 12.1 Å². The predicted octanol–water partition coefficient (Wildman–Crippen LogP) is 2.67. The third-order valence-electron chi connectivity index (χ3n) is 4.03. The molecule has 6 heteroatoms. The second-order valence-corrected chi connectivity index (χ2v) is 5.62. The van der Waals surface area contributed by atoms with Gasteiger partial charge in [0.15, 0.2) is 0 Å². The Labute approximate surface area is 129 Å². The molecule has 0 aliphatic heterocycles. The number of carbonyl (C=O) groups is 1. The number of anilines is 1. The highest BCUT2D eigenvalue weighted by Gasteiger charge is 2.32. The first-order valence-corrected chi connectivity index (χ1v) is 7.41. The lowest BCUT2D eigenvalue weighted by Crippen LogP contribution is -2.29. The minimum Gasteiger partial charge on any atom is -0.495 e. The van der Waals surface area contributed by atoms with Crippen molar-refractivity contribution < 1.29 is 14.3 Å². The molecule has 1 aromatic carbocycles. The predicted molar refractivity (Wildman–Crippen MR) is 83.1 cm³/mol. The fourth-order valence-corrected chi connectivity index (χ4v) is 3.09. The molecule has 1 aliphatic carbocycles. The molecule has 1 amide bonds. The van der Waals surface area contributed by atoms with Crippen LogP contribution < -0.4 is 20.5 Å². The quantitative estimate of drug-likeness (QED) is 0.876. The van der Waals surface area contributed by atoms with Gasteiger partial charge in [-0.2, -0.15) is 0 Å². The van der Waals surface area contributed by atoms with Crippen LogP contribution in [-0.4, -0.2) is 26.7 Å². The number of nitrogens with one attached hydrogen (secondary N) is 1. The topological polar surface area (TPSA) is 73.6 Å². The number of nitrogens with two attached hydrogens (primary N) is 1. The van der Waals surface area contributed by atoms with Crippen LogP contribution in [0, 0.1) is 11.8 Å². The van der Waals surface area contributed by atoms with Gasteiger partial charge in [0, 0.05) is 12.0 Å². The number of benzene rings is 1. The number of halogens is 1. The van der Waals surface area contributed by atoms with Crippen LogP contribution >= 0.6 is 11.6 Å². The largest absolute Gasteiger partial charge is 0.495 e. The van der Waals surface area contributed by atoms with E-state index < -0.39 is 0 Å². The van der Waals surface area contributed by atoms with Crippen molar-refractivity contribution >= 4 is 23.2 Å². The van der Waals surface area contributed by atoms with Crippen LogP contribution in [0.15, 0.2) is 12.1 Å². The summed E-state index contributed by atoms with van der Waals surface area (Å²) < 4.78 is 10.4. The van der Waals surface area contributed by atoms with E-state index in [2.05, 4.69) is 5.32 Å². The summed E-state index contributed by atoms with van der Waals surface area (Å²) in [5.74, 6) is 1.21. The SMILES string of the molecule is COc1cc(OC)c(NC(=O)[C@@H]2CCC[C@@H]2CN)cc1Cl. The molecule has 0 radical (unpaired) electrons. The monoisotopic (exact) mass is 312 g/mol. The van der Waals surface area contributed by atoms with Crippen molar-refractivity contribution in [3.05, 3.63) is 17.2 Å². The lowest BCUT2D eigenvalue weighted by Gasteiger charge is -2.19. The average Bonchev–Trinajstić information content (AvgIpc) is 2.96. The third-order valence-corrected chi connectivity index (χ3v) is 4.33. The van der Waals surface area contributed by atoms with Gasteiger partial charge in [-0.15, -0.1) is 0 Å². The van der Waals surface area contributed by atoms with E-state index in [9.17, 15) is 4.79 Å². The normalized spacial score (nSPS) is 21.1. The van der Waals surface area contributed by atoms with Gasteiger partial charge in [0.05, 0.1) is 24.9 Å². The van der Waals surface area contributed by atoms with Gasteiger partial charge < -0.3 is 20.5 Å². The zero-order valence-corrected chi connectivity index (χ0v) is 13.1. The number of hydrogen-bond donors (Lipinski definition) is 2. The number of ether oxygens (including phenoxy) is 2. The Morgan fingerprint density at radius 2 is 2.05 bits per heavy atom. The molecule has 1 fully saturated rings. The fourth-order valence-electron chi connectivity index (χ4n) is 2.85. The number of rotatable bonds is 5. The van der Waals surface area contributed by atoms with E-state index in [1.807, 2.05) is 0 Å². The highest BCUT2D eigenvalue weighted by molar-refractivity contribution is 6.32. The molecule has 2 rings (SSSR count). The first-order chi connectivity index (χ1) is 10.1. The summed E-state index contributed by atoms with van der Waals surface area (Å²) >= 11 is 6.11. The van der Waals surface area contributed by atoms with E-state index in [0.717, 1.165) is 19.3 Å². The van der Waals surface area contributed by atoms with E-state index in [-0.39, 0.29) is 17.7 Å². The molecule has 0 spiro atoms. The van der Waals surface area contributed by atoms with Gasteiger partial charge >= 0.3 is 0 Å². The van der Waals surface area contributed by atoms with E-state index in [1.165, 1.54) is 14.2 Å². The van der Waals surface area contributed by atoms with Crippen LogP contribution in [0.3, 0.4) is 0 Å². The fraction of sp³-hybridized carbons (Fsp3) is 0.533. The highest BCUT2D eigenvalue weighted by atomic mass is 35.5. The van der Waals surface area contributed by atoms with Crippen molar-refractivity contribution in [2.75, 3.05) is 26.1 Å². The number of amides is 1. The van der Waals surface area contributed by atoms with Gasteiger partial charge in [0.25, 0.3) is 0 Å². The molecule has 0 unspecified atom stereocenters. The van der Waals surface area contributed by atoms with Crippen LogP contribution in [0.25, 0.3) is 0 Å². The van der Waals surface area contributed by atoms with Crippen LogP contribution in [0.4, 0.5) is 5.69 Å². The zero-order chi connectivity index (χ0) is 15.4. The summed E-state index contributed by atoms with van der Waals surface area (Å²) in [4.78, 5) is 12.4. The summed E-state index contributed by atoms with van der Waals surface area (Å²) in [5.41, 5.74) is 6.28. The Morgan fingerprint density at radius 3 is 2.67 bits per heavy atom. The van der Waals surface area contributed by atoms with Crippen molar-refractivity contribution in [2.24, 2.45) is 17.6 Å². The Morgan fingerprint density at radius 1 is 1.33 bits per heavy atom. The smallest absolute Gasteiger partial charge is 0.227 e. The van der Waals surface area contributed by atoms with Crippen molar-refractivity contribution in [3.63, 3.8) is 0 Å². The Bertz CT molecular complexity index is 522. The summed E-state index contributed by atoms with van der Waals surface area (Å²) in [6.07, 6.45) is 2.93. The molecule has 1 saturated carbocycles. The van der Waals surface area contributed by atoms with Crippen LogP contribution in [0.1, 0.15) is 19.3 Å². The van der Waals surface area contributed by atoms with E-state index in [0.29, 0.717) is 28.8 Å². The number of methoxy groups -OCH3 is 2. The molecule has 116 valence electrons. The Balaban J connectivity index is 2.18. The summed E-state index contributed by atoms with van der Waals surface area (Å²) in [6.45, 7) is 0.540. The lowest BCUT2D eigenvalue weighted by atomic mass is 9.95. The Kier molecular flexibility index (Phi) is 5.31. The maximum atomic E-state index is 12.4. The minimum absolute atomic E-state index is 0.0255. The molecule has 3 N–H and O–H groups in total. The first-order valence-electron chi connectivity index (χ1n) is 7.03. The maximum absolute atomic E-state index is 12.4. The van der Waals surface area contributed by atoms with Gasteiger partial charge in [-0.05, 0) is 31.4 Å². The second-order valence-electron chi connectivity index (χ2n) is 5.21. The van der Waals surface area contributed by atoms with Crippen LogP contribution in [-0.2, 0) is 4.79 Å². The van der Waals surface area contributed by atoms with Gasteiger partial charge in [0.2, 0.25) is 5.91 Å². The molecule has 0 saturated heterocycles. The van der Waals surface area contributed by atoms with Gasteiger partial charge in [-0.1, -0.05) is 18.0 Å². The van der Waals surface area contributed by atoms with Crippen LogP contribution in [0.5, 0.6) is 11.5 Å². The van der Waals surface area contributed by atoms with Gasteiger partial charge in [-0.3, -0.25) is 4.79 Å². The molecular weight excluding hydrogens is 292 g/mol. The van der Waals surface area contributed by atoms with Crippen molar-refractivity contribution in [1.82, 2.24) is 0 Å². The second kappa shape index (κ2) is 7.00. The summed E-state index contributed by atoms with van der Waals surface area (Å²) in [7, 11) is 3.07. The minimum atomic E-state index is -0.0411. The molecular formula is C15H21ClN2O3. The first kappa shape index (κ1) is 15.9. The van der Waals surface area contributed by atoms with Crippen molar-refractivity contribution in [1.29, 1.82) is 0 Å². The molecule has 0 heterocycles. The standard InChI is InChI=1S/C15H21ClN2O3/c1-20-13-7-14(21-2)12(6-11(13)16)18-15(19)10-5-3-4-9(10)8-17/h6-7,9-10H,3-5,8,17H2,1-2H3,(H,18,19)/t9-,10-/m1/s1. The molecule has 5 nitrogen and oxygen atoms in total. The molecule has 0 bridgehead atoms. The van der Waals surface area contributed by atoms with E-state index >= 15 is 0 Å². The average molecular weight is 313 g/mol. The molecule has 1 aliphatic rings. The number of hydrogen-bond acceptors (Lipinski definition) is 4. The molecule has 1 aromatic rings. The van der Waals surface area contributed by atoms with Crippen molar-refractivity contribution in [2.45, 2.75) is 19.3 Å². The zero-order valence-electron chi connectivity index (χ0n) is 12.3. The molecule has 2 atom stereocenters. The van der Waals surface area contributed by atoms with Gasteiger partial charge in [-0.25, -0.2) is 0 Å². The molecule has 21 heavy (non-hydrogen) atoms. The van der Waals surface area contributed by atoms with Gasteiger partial charge in [0.1, 0.15) is 11.5 Å². The summed E-state index contributed by atoms with van der Waals surface area (Å²) in [6, 6.07) is 3.30. The maximum Gasteiger partial charge on any atom is 0.227 e. The van der Waals surface area contributed by atoms with Crippen molar-refractivity contribution in [3.8, 4) is 11.5 Å². The van der Waals surface area contributed by atoms with E-state index in [4.69, 9.17) is 26.8 Å². The molecule has 0 aromatic heterocycles. The lowest BCUT2D eigenvalue weighted by molar-refractivity contribution is -0.120. The third kappa shape index (κ3) is 3.41. The highest BCUT2D eigenvalue weighted by Crippen LogP contribution is 2.37. The van der Waals surface area contributed by atoms with Crippen LogP contribution in [0.2, 0.25) is 5.02 Å². The summed E-state index contributed by atoms with van der Waals surface area (Å²) in [5, 5.41) is 3.33.